The zero-order valence-corrected chi connectivity index (χ0v) is 57.7. The Morgan fingerprint density at radius 2 is 0.412 bits per heavy atom. The molecule has 0 unspecified atom stereocenters. The first-order valence-electron chi connectivity index (χ1n) is 35.6. The summed E-state index contributed by atoms with van der Waals surface area (Å²) in [5.74, 6) is 0. The topological polar surface area (TPSA) is 6.48 Å². The second-order valence-corrected chi connectivity index (χ2v) is 28.5. The lowest BCUT2D eigenvalue weighted by Crippen LogP contribution is -2.16. The van der Waals surface area contributed by atoms with E-state index in [1.54, 1.807) is 0 Å². The van der Waals surface area contributed by atoms with Gasteiger partial charge in [0.1, 0.15) is 0 Å². The van der Waals surface area contributed by atoms with E-state index in [4.69, 9.17) is 0 Å². The molecule has 0 atom stereocenters. The molecule has 0 spiro atoms. The zero-order chi connectivity index (χ0) is 68.5. The van der Waals surface area contributed by atoms with Crippen molar-refractivity contribution in [2.24, 2.45) is 0 Å². The van der Waals surface area contributed by atoms with Gasteiger partial charge in [0.25, 0.3) is 0 Å². The van der Waals surface area contributed by atoms with Gasteiger partial charge in [0.15, 0.2) is 0 Å². The fraction of sp³-hybridized carbons (Fsp3) is 0.0600. The highest BCUT2D eigenvalue weighted by atomic mass is 15.1. The van der Waals surface area contributed by atoms with Crippen LogP contribution < -0.4 is 9.80 Å². The van der Waals surface area contributed by atoms with Gasteiger partial charge in [-0.05, 0) is 229 Å². The van der Waals surface area contributed by atoms with Gasteiger partial charge in [0.2, 0.25) is 0 Å². The molecule has 2 aliphatic rings. The molecule has 2 aliphatic carbocycles. The van der Waals surface area contributed by atoms with Gasteiger partial charge in [0.05, 0.1) is 0 Å². The normalized spacial score (nSPS) is 13.2. The molecule has 0 aliphatic heterocycles. The van der Waals surface area contributed by atoms with Crippen LogP contribution in [0.25, 0.3) is 123 Å². The Morgan fingerprint density at radius 1 is 0.186 bits per heavy atom. The van der Waals surface area contributed by atoms with Crippen LogP contribution in [0.5, 0.6) is 0 Å². The molecule has 0 radical (unpaired) electrons. The van der Waals surface area contributed by atoms with Crippen molar-refractivity contribution in [1.29, 1.82) is 0 Å². The summed E-state index contributed by atoms with van der Waals surface area (Å²) in [6, 6.07) is 130. The summed E-state index contributed by atoms with van der Waals surface area (Å²) < 4.78 is 0. The molecule has 0 bridgehead atoms. The molecule has 2 heteroatoms. The van der Waals surface area contributed by atoms with E-state index in [0.717, 1.165) is 34.1 Å². The molecule has 0 aromatic heterocycles. The zero-order valence-electron chi connectivity index (χ0n) is 57.7. The van der Waals surface area contributed by atoms with Crippen LogP contribution in [0.1, 0.15) is 72.2 Å². The van der Waals surface area contributed by atoms with E-state index in [9.17, 15) is 0 Å². The van der Waals surface area contributed by atoms with E-state index in [-0.39, 0.29) is 10.8 Å². The fourth-order valence-corrected chi connectivity index (χ4v) is 16.2. The molecular weight excluding hydrogens is 1230 g/mol. The van der Waals surface area contributed by atoms with E-state index in [1.807, 2.05) is 0 Å². The first-order chi connectivity index (χ1) is 50.0. The lowest BCUT2D eigenvalue weighted by molar-refractivity contribution is 0.660. The van der Waals surface area contributed by atoms with Crippen molar-refractivity contribution in [3.8, 4) is 66.8 Å². The van der Waals surface area contributed by atoms with Gasteiger partial charge < -0.3 is 9.80 Å². The standard InChI is InChI=1S/C100H74N2/c1-99(2)95-63-69(35-57-89(95)91-59-53-83(65-97(91)99)101(79-45-37-75(38-46-79)71-19-9-5-10-20-71)80-47-39-76(40-48-80)72-21-11-6-12-22-72)31-29-67-33-55-87-88-56-34-68(62-94(88)86-28-18-17-27-85(86)93(87)61-67)30-32-70-36-58-90-92-60-54-84(66-98(92)100(3,4)96(90)64-70)102(81-49-41-77(42-50-81)73-23-13-7-14-24-73)82-51-43-78(44-52-82)74-25-15-8-16-26-74/h5-66H,1-4H3. The Balaban J connectivity index is 0.606. The van der Waals surface area contributed by atoms with Crippen LogP contribution in [0.15, 0.2) is 352 Å². The minimum Gasteiger partial charge on any atom is -0.310 e. The van der Waals surface area contributed by atoms with Crippen LogP contribution in [0.4, 0.5) is 34.1 Å². The highest BCUT2D eigenvalue weighted by molar-refractivity contribution is 6.26. The highest BCUT2D eigenvalue weighted by Gasteiger charge is 2.38. The van der Waals surface area contributed by atoms with Crippen molar-refractivity contribution in [1.82, 2.24) is 0 Å². The van der Waals surface area contributed by atoms with Crippen molar-refractivity contribution in [2.75, 3.05) is 9.80 Å². The van der Waals surface area contributed by atoms with Gasteiger partial charge in [0, 0.05) is 45.0 Å². The van der Waals surface area contributed by atoms with Crippen molar-refractivity contribution >= 4 is 90.7 Å². The lowest BCUT2D eigenvalue weighted by atomic mass is 9.81. The Bertz CT molecular complexity index is 5370. The molecule has 0 heterocycles. The van der Waals surface area contributed by atoms with Crippen LogP contribution >= 0.6 is 0 Å². The maximum Gasteiger partial charge on any atom is 0.0465 e. The molecule has 18 rings (SSSR count). The summed E-state index contributed by atoms with van der Waals surface area (Å²) in [5, 5.41) is 7.55. The van der Waals surface area contributed by atoms with Gasteiger partial charge in [-0.3, -0.25) is 0 Å². The number of anilines is 6. The second kappa shape index (κ2) is 25.3. The van der Waals surface area contributed by atoms with Crippen LogP contribution in [0.2, 0.25) is 0 Å². The van der Waals surface area contributed by atoms with Crippen LogP contribution in [-0.4, -0.2) is 0 Å². The average Bonchev–Trinajstić information content (AvgIpc) is 1.46. The van der Waals surface area contributed by atoms with Crippen molar-refractivity contribution in [3.63, 3.8) is 0 Å². The smallest absolute Gasteiger partial charge is 0.0465 e. The molecule has 0 N–H and O–H groups in total. The largest absolute Gasteiger partial charge is 0.310 e. The monoisotopic (exact) mass is 1300 g/mol. The van der Waals surface area contributed by atoms with E-state index < -0.39 is 0 Å². The first-order valence-corrected chi connectivity index (χ1v) is 35.6. The Morgan fingerprint density at radius 3 is 0.716 bits per heavy atom. The minimum atomic E-state index is -0.234. The molecule has 0 saturated heterocycles. The molecule has 0 saturated carbocycles. The maximum absolute atomic E-state index is 2.43. The predicted octanol–water partition coefficient (Wildman–Crippen LogP) is 27.7. The second-order valence-electron chi connectivity index (χ2n) is 28.5. The first kappa shape index (κ1) is 61.7. The number of fused-ring (bicyclic) bond motifs is 12. The number of nitrogens with zero attached hydrogens (tertiary/aromatic N) is 2. The van der Waals surface area contributed by atoms with E-state index in [0.29, 0.717) is 0 Å². The summed E-state index contributed by atoms with van der Waals surface area (Å²) in [7, 11) is 0. The van der Waals surface area contributed by atoms with Crippen molar-refractivity contribution in [3.05, 3.63) is 396 Å². The van der Waals surface area contributed by atoms with Gasteiger partial charge in [-0.1, -0.05) is 319 Å². The van der Waals surface area contributed by atoms with Gasteiger partial charge in [-0.25, -0.2) is 0 Å². The fourth-order valence-electron chi connectivity index (χ4n) is 16.2. The third-order valence-corrected chi connectivity index (χ3v) is 21.6. The Kier molecular flexibility index (Phi) is 15.3. The average molecular weight is 1300 g/mol. The van der Waals surface area contributed by atoms with Gasteiger partial charge >= 0.3 is 0 Å². The molecule has 102 heavy (non-hydrogen) atoms. The molecule has 2 nitrogen and oxygen atoms in total. The molecule has 484 valence electrons. The van der Waals surface area contributed by atoms with E-state index in [2.05, 4.69) is 414 Å². The molecular formula is C100H74N2. The maximum atomic E-state index is 2.43. The highest BCUT2D eigenvalue weighted by Crippen LogP contribution is 2.54. The lowest BCUT2D eigenvalue weighted by Gasteiger charge is -2.28. The summed E-state index contributed by atoms with van der Waals surface area (Å²) in [6.07, 6.45) is 9.16. The molecule has 0 fully saturated rings. The van der Waals surface area contributed by atoms with Crippen LogP contribution in [0, 0.1) is 0 Å². The number of rotatable bonds is 14. The Labute approximate surface area is 598 Å². The predicted molar refractivity (Wildman–Crippen MR) is 436 cm³/mol. The van der Waals surface area contributed by atoms with Crippen molar-refractivity contribution < 1.29 is 0 Å². The molecule has 16 aromatic carbocycles. The van der Waals surface area contributed by atoms with E-state index >= 15 is 0 Å². The number of benzene rings is 16. The van der Waals surface area contributed by atoms with Gasteiger partial charge in [-0.15, -0.1) is 0 Å². The third-order valence-electron chi connectivity index (χ3n) is 21.6. The van der Waals surface area contributed by atoms with Gasteiger partial charge in [-0.2, -0.15) is 0 Å². The number of hydrogen-bond acceptors (Lipinski definition) is 2. The summed E-state index contributed by atoms with van der Waals surface area (Å²) in [4.78, 5) is 4.81. The van der Waals surface area contributed by atoms with Crippen LogP contribution in [-0.2, 0) is 10.8 Å². The number of hydrogen-bond donors (Lipinski definition) is 0. The van der Waals surface area contributed by atoms with Crippen molar-refractivity contribution in [2.45, 2.75) is 38.5 Å². The minimum absolute atomic E-state index is 0.234. The Hall–Kier alpha value is -12.6. The summed E-state index contributed by atoms with van der Waals surface area (Å²) in [6.45, 7) is 9.55. The quantitative estimate of drug-likeness (QED) is 0.0791. The SMILES string of the molecule is CC1(C)c2cc(C=Cc3ccc4c5ccc(C=Cc6ccc7c(c6)C(C)(C)c6cc(N(c8ccc(-c9ccccc9)cc8)c8ccc(-c9ccccc9)cc8)ccc6-7)cc5c5ccccc5c4c3)ccc2-c2ccc(N(c3ccc(-c4ccccc4)cc3)c3ccc(-c4ccccc4)cc3)cc21. The molecule has 0 amide bonds. The summed E-state index contributed by atoms with van der Waals surface area (Å²) in [5.41, 5.74) is 31.1. The molecule has 16 aromatic rings. The third kappa shape index (κ3) is 11.1. The van der Waals surface area contributed by atoms with Crippen LogP contribution in [0.3, 0.4) is 0 Å². The summed E-state index contributed by atoms with van der Waals surface area (Å²) >= 11 is 0. The van der Waals surface area contributed by atoms with E-state index in [1.165, 1.54) is 144 Å².